The van der Waals surface area contributed by atoms with Gasteiger partial charge in [-0.2, -0.15) is 0 Å². The molecule has 0 saturated heterocycles. The van der Waals surface area contributed by atoms with Crippen molar-refractivity contribution in [3.05, 3.63) is 40.5 Å². The zero-order valence-electron chi connectivity index (χ0n) is 14.7. The van der Waals surface area contributed by atoms with E-state index in [4.69, 9.17) is 0 Å². The Morgan fingerprint density at radius 2 is 1.43 bits per heavy atom. The molecule has 0 aromatic heterocycles. The molecule has 0 heterocycles. The molecule has 1 nitrogen and oxygen atoms in total. The molecule has 0 unspecified atom stereocenters. The van der Waals surface area contributed by atoms with Crippen LogP contribution in [0.1, 0.15) is 94.9 Å². The van der Waals surface area contributed by atoms with Crippen LogP contribution in [0.4, 0.5) is 0 Å². The van der Waals surface area contributed by atoms with Gasteiger partial charge in [0.1, 0.15) is 0 Å². The van der Waals surface area contributed by atoms with Crippen LogP contribution in [0.3, 0.4) is 0 Å². The summed E-state index contributed by atoms with van der Waals surface area (Å²) in [6, 6.07) is 4.63. The maximum absolute atomic E-state index is 11.6. The summed E-state index contributed by atoms with van der Waals surface area (Å²) in [5.74, 6) is 1.62. The Hall–Kier alpha value is -1.37. The summed E-state index contributed by atoms with van der Waals surface area (Å²) in [6.07, 6.45) is 4.33. The van der Waals surface area contributed by atoms with Crippen molar-refractivity contribution in [3.63, 3.8) is 0 Å². The van der Waals surface area contributed by atoms with Gasteiger partial charge in [-0.15, -0.1) is 0 Å². The van der Waals surface area contributed by atoms with Crippen LogP contribution < -0.4 is 0 Å². The number of benzene rings is 1. The minimum absolute atomic E-state index is 0.187. The van der Waals surface area contributed by atoms with Gasteiger partial charge in [0.15, 0.2) is 5.78 Å². The molecule has 1 aromatic rings. The number of allylic oxidation sites excluding steroid dienone is 1. The average Bonchev–Trinajstić information content (AvgIpc) is 2.43. The molecule has 0 aliphatic rings. The van der Waals surface area contributed by atoms with Gasteiger partial charge in [-0.3, -0.25) is 4.79 Å². The Bertz CT molecular complexity index is 490. The number of carbonyl (C=O) groups is 1. The predicted octanol–water partition coefficient (Wildman–Crippen LogP) is 6.05. The first-order chi connectivity index (χ1) is 9.77. The standard InChI is InChI=1S/C20H30O/c1-8-17(21)9-10-18-19(14(4)5)11-16(13(2)3)12-20(18)15(6)7/h9-15H,8H2,1-7H3. The van der Waals surface area contributed by atoms with E-state index in [1.54, 1.807) is 6.08 Å². The van der Waals surface area contributed by atoms with Crippen molar-refractivity contribution in [2.24, 2.45) is 0 Å². The minimum atomic E-state index is 0.187. The van der Waals surface area contributed by atoms with Crippen molar-refractivity contribution in [2.75, 3.05) is 0 Å². The summed E-state index contributed by atoms with van der Waals surface area (Å²) in [5, 5.41) is 0. The van der Waals surface area contributed by atoms with Gasteiger partial charge in [-0.25, -0.2) is 0 Å². The Balaban J connectivity index is 3.49. The first-order valence-corrected chi connectivity index (χ1v) is 8.16. The van der Waals surface area contributed by atoms with Crippen molar-refractivity contribution in [2.45, 2.75) is 72.6 Å². The van der Waals surface area contributed by atoms with Gasteiger partial charge in [-0.05, 0) is 46.1 Å². The number of rotatable bonds is 6. The molecule has 0 saturated carbocycles. The lowest BCUT2D eigenvalue weighted by Crippen LogP contribution is -2.04. The largest absolute Gasteiger partial charge is 0.295 e. The van der Waals surface area contributed by atoms with Crippen molar-refractivity contribution >= 4 is 11.9 Å². The van der Waals surface area contributed by atoms with Crippen LogP contribution in [-0.4, -0.2) is 5.78 Å². The third kappa shape index (κ3) is 4.56. The quantitative estimate of drug-likeness (QED) is 0.582. The number of ketones is 1. The van der Waals surface area contributed by atoms with E-state index >= 15 is 0 Å². The van der Waals surface area contributed by atoms with Gasteiger partial charge in [0.25, 0.3) is 0 Å². The lowest BCUT2D eigenvalue weighted by molar-refractivity contribution is -0.114. The zero-order valence-corrected chi connectivity index (χ0v) is 14.7. The summed E-state index contributed by atoms with van der Waals surface area (Å²) < 4.78 is 0. The van der Waals surface area contributed by atoms with E-state index < -0.39 is 0 Å². The van der Waals surface area contributed by atoms with Crippen molar-refractivity contribution in [3.8, 4) is 0 Å². The van der Waals surface area contributed by atoms with Gasteiger partial charge in [-0.1, -0.05) is 66.7 Å². The molecular formula is C20H30O. The summed E-state index contributed by atoms with van der Waals surface area (Å²) >= 11 is 0. The monoisotopic (exact) mass is 286 g/mol. The van der Waals surface area contributed by atoms with Gasteiger partial charge in [0.2, 0.25) is 0 Å². The normalized spacial score (nSPS) is 12.1. The maximum Gasteiger partial charge on any atom is 0.155 e. The Morgan fingerprint density at radius 1 is 0.952 bits per heavy atom. The van der Waals surface area contributed by atoms with Crippen molar-refractivity contribution in [1.82, 2.24) is 0 Å². The molecule has 0 bridgehead atoms. The topological polar surface area (TPSA) is 17.1 Å². The molecule has 0 atom stereocenters. The van der Waals surface area contributed by atoms with Crippen LogP contribution in [0.2, 0.25) is 0 Å². The molecule has 0 fully saturated rings. The van der Waals surface area contributed by atoms with Gasteiger partial charge < -0.3 is 0 Å². The summed E-state index contributed by atoms with van der Waals surface area (Å²) in [7, 11) is 0. The maximum atomic E-state index is 11.6. The molecule has 0 N–H and O–H groups in total. The molecule has 0 radical (unpaired) electrons. The van der Waals surface area contributed by atoms with Crippen LogP contribution in [-0.2, 0) is 4.79 Å². The first-order valence-electron chi connectivity index (χ1n) is 8.16. The van der Waals surface area contributed by atoms with Crippen molar-refractivity contribution in [1.29, 1.82) is 0 Å². The number of carbonyl (C=O) groups excluding carboxylic acids is 1. The van der Waals surface area contributed by atoms with Crippen molar-refractivity contribution < 1.29 is 4.79 Å². The van der Waals surface area contributed by atoms with Crippen LogP contribution in [0.5, 0.6) is 0 Å². The second-order valence-electron chi connectivity index (χ2n) is 6.73. The zero-order chi connectivity index (χ0) is 16.2. The number of hydrogen-bond acceptors (Lipinski definition) is 1. The minimum Gasteiger partial charge on any atom is -0.295 e. The molecule has 0 aliphatic heterocycles. The highest BCUT2D eigenvalue weighted by Gasteiger charge is 2.15. The molecule has 1 aromatic carbocycles. The van der Waals surface area contributed by atoms with E-state index in [1.807, 2.05) is 13.0 Å². The van der Waals surface area contributed by atoms with Gasteiger partial charge >= 0.3 is 0 Å². The van der Waals surface area contributed by atoms with Crippen LogP contribution in [0, 0.1) is 0 Å². The molecule has 116 valence electrons. The van der Waals surface area contributed by atoms with E-state index in [1.165, 1.54) is 22.3 Å². The van der Waals surface area contributed by atoms with Crippen LogP contribution >= 0.6 is 0 Å². The fourth-order valence-corrected chi connectivity index (χ4v) is 2.50. The highest BCUT2D eigenvalue weighted by atomic mass is 16.1. The SMILES string of the molecule is CCC(=O)C=Cc1c(C(C)C)cc(C(C)C)cc1C(C)C. The molecule has 21 heavy (non-hydrogen) atoms. The second kappa shape index (κ2) is 7.59. The molecule has 0 spiro atoms. The van der Waals surface area contributed by atoms with E-state index in [-0.39, 0.29) is 5.78 Å². The lowest BCUT2D eigenvalue weighted by Gasteiger charge is -2.21. The molecular weight excluding hydrogens is 256 g/mol. The lowest BCUT2D eigenvalue weighted by atomic mass is 9.84. The smallest absolute Gasteiger partial charge is 0.155 e. The molecule has 1 heteroatoms. The fraction of sp³-hybridized carbons (Fsp3) is 0.550. The van der Waals surface area contributed by atoms with Gasteiger partial charge in [0, 0.05) is 6.42 Å². The highest BCUT2D eigenvalue weighted by molar-refractivity contribution is 5.93. The predicted molar refractivity (Wildman–Crippen MR) is 93.0 cm³/mol. The molecule has 0 aliphatic carbocycles. The summed E-state index contributed by atoms with van der Waals surface area (Å²) in [4.78, 5) is 11.6. The average molecular weight is 286 g/mol. The van der Waals surface area contributed by atoms with E-state index in [0.29, 0.717) is 24.2 Å². The second-order valence-corrected chi connectivity index (χ2v) is 6.73. The van der Waals surface area contributed by atoms with E-state index in [2.05, 4.69) is 53.7 Å². The summed E-state index contributed by atoms with van der Waals surface area (Å²) in [5.41, 5.74) is 5.34. The Kier molecular flexibility index (Phi) is 6.39. The Labute approximate surface area is 130 Å². The Morgan fingerprint density at radius 3 is 1.76 bits per heavy atom. The van der Waals surface area contributed by atoms with Gasteiger partial charge in [0.05, 0.1) is 0 Å². The number of hydrogen-bond donors (Lipinski definition) is 0. The molecule has 0 amide bonds. The van der Waals surface area contributed by atoms with Crippen LogP contribution in [0.25, 0.3) is 6.08 Å². The third-order valence-corrected chi connectivity index (χ3v) is 3.96. The fourth-order valence-electron chi connectivity index (χ4n) is 2.50. The highest BCUT2D eigenvalue weighted by Crippen LogP contribution is 2.32. The summed E-state index contributed by atoms with van der Waals surface area (Å²) in [6.45, 7) is 15.3. The van der Waals surface area contributed by atoms with Crippen LogP contribution in [0.15, 0.2) is 18.2 Å². The molecule has 1 rings (SSSR count). The first kappa shape index (κ1) is 17.7. The van der Waals surface area contributed by atoms with E-state index in [0.717, 1.165) is 0 Å². The third-order valence-electron chi connectivity index (χ3n) is 3.96. The van der Waals surface area contributed by atoms with E-state index in [9.17, 15) is 4.79 Å².